The third-order valence-corrected chi connectivity index (χ3v) is 6.81. The second-order valence-electron chi connectivity index (χ2n) is 9.45. The molecule has 4 rings (SSSR count). The fourth-order valence-electron chi connectivity index (χ4n) is 4.64. The van der Waals surface area contributed by atoms with Crippen molar-refractivity contribution in [2.24, 2.45) is 5.41 Å². The zero-order valence-electron chi connectivity index (χ0n) is 21.1. The van der Waals surface area contributed by atoms with Gasteiger partial charge in [-0.05, 0) is 25.1 Å². The second-order valence-corrected chi connectivity index (χ2v) is 9.45. The van der Waals surface area contributed by atoms with Crippen LogP contribution in [0.4, 0.5) is 13.2 Å². The number of halogens is 3. The standard InChI is InChI=1S/C28H28F3N3O4/c1-27(28(29,30)31)15-21(13-14-22(27)18-7-5-4-6-8-18)26-32-25(33-38-26)20-11-9-19(10-12-20)23(17-37-3)34(2)16-24(35)36/h4-15,22-23H,16-17H2,1-3H3,(H,35,36). The van der Waals surface area contributed by atoms with Crippen molar-refractivity contribution >= 4 is 11.5 Å². The van der Waals surface area contributed by atoms with Crippen LogP contribution in [-0.2, 0) is 9.53 Å². The number of likely N-dealkylation sites (N-methyl/N-ethyl adjacent to an activating group) is 1. The van der Waals surface area contributed by atoms with Crippen LogP contribution in [0.2, 0.25) is 0 Å². The van der Waals surface area contributed by atoms with E-state index in [4.69, 9.17) is 14.4 Å². The molecule has 0 aliphatic heterocycles. The van der Waals surface area contributed by atoms with Crippen LogP contribution in [-0.4, -0.2) is 59.6 Å². The van der Waals surface area contributed by atoms with Crippen LogP contribution in [0.5, 0.6) is 0 Å². The van der Waals surface area contributed by atoms with Crippen LogP contribution in [0.1, 0.15) is 35.9 Å². The molecule has 0 amide bonds. The molecule has 3 aromatic rings. The van der Waals surface area contributed by atoms with E-state index < -0.39 is 23.5 Å². The average molecular weight is 528 g/mol. The predicted octanol–water partition coefficient (Wildman–Crippen LogP) is 5.75. The second kappa shape index (κ2) is 10.9. The van der Waals surface area contributed by atoms with Gasteiger partial charge in [0.2, 0.25) is 5.82 Å². The number of benzene rings is 2. The van der Waals surface area contributed by atoms with Crippen molar-refractivity contribution < 1.29 is 32.3 Å². The number of carboxylic acids is 1. The molecule has 200 valence electrons. The Morgan fingerprint density at radius 1 is 1.18 bits per heavy atom. The number of nitrogens with zero attached hydrogens (tertiary/aromatic N) is 3. The molecule has 3 atom stereocenters. The summed E-state index contributed by atoms with van der Waals surface area (Å²) in [6.07, 6.45) is -0.257. The van der Waals surface area contributed by atoms with Crippen LogP contribution in [0.15, 0.2) is 77.3 Å². The van der Waals surface area contributed by atoms with E-state index in [1.807, 2.05) is 0 Å². The van der Waals surface area contributed by atoms with E-state index >= 15 is 0 Å². The summed E-state index contributed by atoms with van der Waals surface area (Å²) in [4.78, 5) is 17.1. The summed E-state index contributed by atoms with van der Waals surface area (Å²) in [7, 11) is 3.23. The summed E-state index contributed by atoms with van der Waals surface area (Å²) in [5, 5.41) is 13.1. The highest BCUT2D eigenvalue weighted by Gasteiger charge is 2.55. The number of alkyl halides is 3. The lowest BCUT2D eigenvalue weighted by Crippen LogP contribution is -2.39. The maximum Gasteiger partial charge on any atom is 0.398 e. The third-order valence-electron chi connectivity index (χ3n) is 6.81. The smallest absolute Gasteiger partial charge is 0.398 e. The van der Waals surface area contributed by atoms with Crippen molar-refractivity contribution in [2.45, 2.75) is 25.1 Å². The van der Waals surface area contributed by atoms with E-state index in [-0.39, 0.29) is 36.5 Å². The van der Waals surface area contributed by atoms with Gasteiger partial charge in [-0.2, -0.15) is 18.2 Å². The number of methoxy groups -OCH3 is 1. The first-order valence-electron chi connectivity index (χ1n) is 11.9. The first-order valence-corrected chi connectivity index (χ1v) is 11.9. The minimum Gasteiger partial charge on any atom is -0.480 e. The van der Waals surface area contributed by atoms with E-state index in [2.05, 4.69) is 10.1 Å². The minimum atomic E-state index is -4.52. The molecule has 1 N–H and O–H groups in total. The number of carboxylic acid groups (broad SMARTS) is 1. The Kier molecular flexibility index (Phi) is 7.84. The quantitative estimate of drug-likeness (QED) is 0.379. The number of rotatable bonds is 9. The van der Waals surface area contributed by atoms with Gasteiger partial charge in [0.25, 0.3) is 5.89 Å². The van der Waals surface area contributed by atoms with Crippen LogP contribution in [0.25, 0.3) is 17.0 Å². The van der Waals surface area contributed by atoms with Gasteiger partial charge in [-0.1, -0.05) is 78.0 Å². The number of aliphatic carboxylic acids is 1. The topological polar surface area (TPSA) is 88.7 Å². The van der Waals surface area contributed by atoms with Crippen molar-refractivity contribution in [2.75, 3.05) is 27.3 Å². The molecule has 1 aromatic heterocycles. The summed E-state index contributed by atoms with van der Waals surface area (Å²) in [5.74, 6) is -1.64. The SMILES string of the molecule is COCC(c1ccc(-c2noc(C3=CC(C)(C(F)(F)F)C(c4ccccc4)C=C3)n2)cc1)N(C)CC(=O)O. The maximum atomic E-state index is 14.3. The molecule has 0 radical (unpaired) electrons. The first-order chi connectivity index (χ1) is 18.0. The van der Waals surface area contributed by atoms with Gasteiger partial charge in [0.1, 0.15) is 0 Å². The number of aromatic nitrogens is 2. The first kappa shape index (κ1) is 27.3. The van der Waals surface area contributed by atoms with Crippen LogP contribution in [0.3, 0.4) is 0 Å². The van der Waals surface area contributed by atoms with Gasteiger partial charge in [-0.3, -0.25) is 9.69 Å². The van der Waals surface area contributed by atoms with Crippen LogP contribution >= 0.6 is 0 Å². The Morgan fingerprint density at radius 2 is 1.87 bits per heavy atom. The largest absolute Gasteiger partial charge is 0.480 e. The van der Waals surface area contributed by atoms with Gasteiger partial charge in [0, 0.05) is 24.2 Å². The lowest BCUT2D eigenvalue weighted by Gasteiger charge is -2.38. The van der Waals surface area contributed by atoms with E-state index in [1.165, 1.54) is 20.1 Å². The van der Waals surface area contributed by atoms with Crippen molar-refractivity contribution in [1.29, 1.82) is 0 Å². The van der Waals surface area contributed by atoms with E-state index in [1.54, 1.807) is 72.6 Å². The third kappa shape index (κ3) is 5.56. The van der Waals surface area contributed by atoms with Gasteiger partial charge in [0.05, 0.1) is 24.6 Å². The number of carbonyl (C=O) groups is 1. The fourth-order valence-corrected chi connectivity index (χ4v) is 4.64. The fraction of sp³-hybridized carbons (Fsp3) is 0.321. The Morgan fingerprint density at radius 3 is 2.47 bits per heavy atom. The maximum absolute atomic E-state index is 14.3. The predicted molar refractivity (Wildman–Crippen MR) is 135 cm³/mol. The lowest BCUT2D eigenvalue weighted by atomic mass is 9.69. The van der Waals surface area contributed by atoms with Gasteiger partial charge in [-0.15, -0.1) is 0 Å². The highest BCUT2D eigenvalue weighted by atomic mass is 19.4. The molecule has 38 heavy (non-hydrogen) atoms. The van der Waals surface area contributed by atoms with Crippen molar-refractivity contribution in [1.82, 2.24) is 15.0 Å². The summed E-state index contributed by atoms with van der Waals surface area (Å²) in [5.41, 5.74) is 0.0113. The molecule has 0 fully saturated rings. The Balaban J connectivity index is 1.60. The molecule has 1 aliphatic rings. The highest BCUT2D eigenvalue weighted by molar-refractivity contribution is 5.73. The zero-order valence-corrected chi connectivity index (χ0v) is 21.1. The van der Waals surface area contributed by atoms with Crippen molar-refractivity contribution in [3.8, 4) is 11.4 Å². The zero-order chi connectivity index (χ0) is 27.5. The van der Waals surface area contributed by atoms with Gasteiger partial charge >= 0.3 is 12.1 Å². The minimum absolute atomic E-state index is 0.0132. The Hall–Kier alpha value is -3.76. The molecule has 2 aromatic carbocycles. The molecule has 1 heterocycles. The molecule has 7 nitrogen and oxygen atoms in total. The van der Waals surface area contributed by atoms with Crippen LogP contribution in [0, 0.1) is 5.41 Å². The van der Waals surface area contributed by atoms with Crippen LogP contribution < -0.4 is 0 Å². The number of hydrogen-bond acceptors (Lipinski definition) is 6. The molecule has 3 unspecified atom stereocenters. The number of allylic oxidation sites excluding steroid dienone is 4. The Bertz CT molecular complexity index is 1320. The highest BCUT2D eigenvalue weighted by Crippen LogP contribution is 2.53. The monoisotopic (exact) mass is 527 g/mol. The van der Waals surface area contributed by atoms with E-state index in [0.717, 1.165) is 11.6 Å². The molecule has 0 saturated heterocycles. The molecular formula is C28H28F3N3O4. The molecule has 0 spiro atoms. The summed E-state index contributed by atoms with van der Waals surface area (Å²) >= 11 is 0. The lowest BCUT2D eigenvalue weighted by molar-refractivity contribution is -0.204. The van der Waals surface area contributed by atoms with Gasteiger partial charge in [-0.25, -0.2) is 0 Å². The Labute approximate surface area is 218 Å². The molecule has 1 aliphatic carbocycles. The summed E-state index contributed by atoms with van der Waals surface area (Å²) in [6.45, 7) is 1.30. The molecule has 0 saturated carbocycles. The van der Waals surface area contributed by atoms with Gasteiger partial charge < -0.3 is 14.4 Å². The molecular weight excluding hydrogens is 499 g/mol. The van der Waals surface area contributed by atoms with E-state index in [0.29, 0.717) is 11.1 Å². The number of hydrogen-bond donors (Lipinski definition) is 1. The normalized spacial score (nSPS) is 20.4. The van der Waals surface area contributed by atoms with Crippen molar-refractivity contribution in [3.63, 3.8) is 0 Å². The molecule has 10 heteroatoms. The summed E-state index contributed by atoms with van der Waals surface area (Å²) in [6, 6.07) is 15.4. The van der Waals surface area contributed by atoms with Crippen molar-refractivity contribution in [3.05, 3.63) is 89.8 Å². The summed E-state index contributed by atoms with van der Waals surface area (Å²) < 4.78 is 53.6. The number of ether oxygens (including phenoxy) is 1. The van der Waals surface area contributed by atoms with E-state index in [9.17, 15) is 18.0 Å². The van der Waals surface area contributed by atoms with Gasteiger partial charge in [0.15, 0.2) is 0 Å². The molecule has 0 bridgehead atoms. The average Bonchev–Trinajstić information content (AvgIpc) is 3.37.